The Kier molecular flexibility index (Phi) is 6.67. The molecule has 1 fully saturated rings. The maximum Gasteiger partial charge on any atom is 0.191 e. The normalized spacial score (nSPS) is 17.5. The maximum absolute atomic E-state index is 5.36. The summed E-state index contributed by atoms with van der Waals surface area (Å²) < 4.78 is 5.36. The van der Waals surface area contributed by atoms with Crippen LogP contribution in [0.4, 0.5) is 0 Å². The Morgan fingerprint density at radius 2 is 2.14 bits per heavy atom. The predicted molar refractivity (Wildman–Crippen MR) is 94.0 cm³/mol. The number of hydrogen-bond acceptors (Lipinski definition) is 4. The number of nitrogens with zero attached hydrogens (tertiary/aromatic N) is 2. The molecule has 1 aromatic rings. The lowest BCUT2D eigenvalue weighted by Crippen LogP contribution is -2.46. The van der Waals surface area contributed by atoms with E-state index in [0.29, 0.717) is 0 Å². The van der Waals surface area contributed by atoms with Crippen molar-refractivity contribution >= 4 is 17.3 Å². The number of ether oxygens (including phenoxy) is 1. The number of thiophene rings is 1. The van der Waals surface area contributed by atoms with Crippen LogP contribution in [-0.2, 0) is 10.2 Å². The van der Waals surface area contributed by atoms with E-state index in [-0.39, 0.29) is 5.41 Å². The Morgan fingerprint density at radius 3 is 2.77 bits per heavy atom. The second-order valence-electron chi connectivity index (χ2n) is 6.17. The highest BCUT2D eigenvalue weighted by molar-refractivity contribution is 7.10. The molecule has 5 nitrogen and oxygen atoms in total. The van der Waals surface area contributed by atoms with Crippen molar-refractivity contribution in [3.8, 4) is 0 Å². The summed E-state index contributed by atoms with van der Waals surface area (Å²) in [5.74, 6) is 0.873. The van der Waals surface area contributed by atoms with E-state index in [0.717, 1.165) is 51.9 Å². The molecule has 0 spiro atoms. The van der Waals surface area contributed by atoms with Gasteiger partial charge in [0.05, 0.1) is 13.2 Å². The molecule has 2 rings (SSSR count). The quantitative estimate of drug-likeness (QED) is 0.615. The zero-order valence-corrected chi connectivity index (χ0v) is 14.7. The van der Waals surface area contributed by atoms with Gasteiger partial charge >= 0.3 is 0 Å². The number of aliphatic imine (C=N–C) groups is 1. The molecule has 2 N–H and O–H groups in total. The Bertz CT molecular complexity index is 453. The van der Waals surface area contributed by atoms with Gasteiger partial charge in [0.25, 0.3) is 0 Å². The van der Waals surface area contributed by atoms with Crippen LogP contribution in [0.5, 0.6) is 0 Å². The fourth-order valence-corrected chi connectivity index (χ4v) is 3.29. The minimum atomic E-state index is 0.107. The van der Waals surface area contributed by atoms with Crippen LogP contribution in [0.25, 0.3) is 0 Å². The first-order chi connectivity index (χ1) is 10.6. The zero-order valence-electron chi connectivity index (χ0n) is 13.9. The van der Waals surface area contributed by atoms with E-state index in [1.807, 2.05) is 7.05 Å². The van der Waals surface area contributed by atoms with E-state index in [1.54, 1.807) is 11.3 Å². The molecular formula is C16H28N4OS. The average Bonchev–Trinajstić information content (AvgIpc) is 3.07. The van der Waals surface area contributed by atoms with Gasteiger partial charge in [0.15, 0.2) is 5.96 Å². The number of nitrogens with one attached hydrogen (secondary N) is 2. The molecule has 0 unspecified atom stereocenters. The van der Waals surface area contributed by atoms with Crippen molar-refractivity contribution in [2.24, 2.45) is 4.99 Å². The lowest BCUT2D eigenvalue weighted by atomic mass is 9.91. The molecule has 0 atom stereocenters. The van der Waals surface area contributed by atoms with Crippen LogP contribution in [0.2, 0.25) is 0 Å². The van der Waals surface area contributed by atoms with Gasteiger partial charge in [-0.3, -0.25) is 9.89 Å². The summed E-state index contributed by atoms with van der Waals surface area (Å²) in [7, 11) is 1.82. The summed E-state index contributed by atoms with van der Waals surface area (Å²) in [5, 5.41) is 8.96. The molecule has 2 heterocycles. The third-order valence-corrected chi connectivity index (χ3v) is 5.17. The van der Waals surface area contributed by atoms with Gasteiger partial charge in [-0.2, -0.15) is 0 Å². The van der Waals surface area contributed by atoms with E-state index in [1.165, 1.54) is 4.88 Å². The highest BCUT2D eigenvalue weighted by atomic mass is 32.1. The lowest BCUT2D eigenvalue weighted by Gasteiger charge is -2.27. The summed E-state index contributed by atoms with van der Waals surface area (Å²) in [6.45, 7) is 11.1. The van der Waals surface area contributed by atoms with Crippen LogP contribution in [0.1, 0.15) is 18.7 Å². The second kappa shape index (κ2) is 8.50. The van der Waals surface area contributed by atoms with E-state index < -0.39 is 0 Å². The molecule has 0 bridgehead atoms. The number of rotatable bonds is 6. The van der Waals surface area contributed by atoms with E-state index in [4.69, 9.17) is 4.74 Å². The zero-order chi connectivity index (χ0) is 15.8. The molecule has 1 aromatic heterocycles. The first-order valence-electron chi connectivity index (χ1n) is 7.90. The monoisotopic (exact) mass is 324 g/mol. The van der Waals surface area contributed by atoms with Crippen LogP contribution < -0.4 is 10.6 Å². The van der Waals surface area contributed by atoms with Gasteiger partial charge in [-0.1, -0.05) is 19.9 Å². The van der Waals surface area contributed by atoms with Gasteiger partial charge in [0, 0.05) is 50.1 Å². The third kappa shape index (κ3) is 5.26. The third-order valence-electron chi connectivity index (χ3n) is 3.93. The largest absolute Gasteiger partial charge is 0.379 e. The topological polar surface area (TPSA) is 48.9 Å². The Labute approximate surface area is 137 Å². The summed E-state index contributed by atoms with van der Waals surface area (Å²) in [5.41, 5.74) is 0.107. The van der Waals surface area contributed by atoms with Gasteiger partial charge in [-0.05, 0) is 11.4 Å². The Hall–Kier alpha value is -1.11. The number of guanidine groups is 1. The minimum Gasteiger partial charge on any atom is -0.379 e. The Morgan fingerprint density at radius 1 is 1.36 bits per heavy atom. The second-order valence-corrected chi connectivity index (χ2v) is 7.12. The molecule has 22 heavy (non-hydrogen) atoms. The van der Waals surface area contributed by atoms with Crippen molar-refractivity contribution in [2.75, 3.05) is 53.0 Å². The van der Waals surface area contributed by atoms with Gasteiger partial charge in [0.1, 0.15) is 0 Å². The van der Waals surface area contributed by atoms with Crippen molar-refractivity contribution < 1.29 is 4.74 Å². The Balaban J connectivity index is 1.71. The smallest absolute Gasteiger partial charge is 0.191 e. The number of morpholine rings is 1. The molecule has 0 amide bonds. The van der Waals surface area contributed by atoms with Crippen molar-refractivity contribution in [1.82, 2.24) is 15.5 Å². The first-order valence-corrected chi connectivity index (χ1v) is 8.78. The average molecular weight is 324 g/mol. The van der Waals surface area contributed by atoms with E-state index >= 15 is 0 Å². The van der Waals surface area contributed by atoms with E-state index in [2.05, 4.69) is 51.9 Å². The summed E-state index contributed by atoms with van der Waals surface area (Å²) in [6, 6.07) is 4.30. The van der Waals surface area contributed by atoms with Crippen molar-refractivity contribution in [3.63, 3.8) is 0 Å². The molecule has 1 aliphatic rings. The van der Waals surface area contributed by atoms with E-state index in [9.17, 15) is 0 Å². The fraction of sp³-hybridized carbons (Fsp3) is 0.688. The summed E-state index contributed by atoms with van der Waals surface area (Å²) in [4.78, 5) is 8.12. The van der Waals surface area contributed by atoms with Gasteiger partial charge in [-0.25, -0.2) is 0 Å². The van der Waals surface area contributed by atoms with Crippen molar-refractivity contribution in [2.45, 2.75) is 19.3 Å². The molecule has 0 saturated carbocycles. The molecule has 124 valence electrons. The predicted octanol–water partition coefficient (Wildman–Crippen LogP) is 1.52. The van der Waals surface area contributed by atoms with Crippen LogP contribution in [0.15, 0.2) is 22.5 Å². The van der Waals surface area contributed by atoms with Crippen LogP contribution in [-0.4, -0.2) is 63.8 Å². The van der Waals surface area contributed by atoms with Crippen molar-refractivity contribution in [3.05, 3.63) is 22.4 Å². The van der Waals surface area contributed by atoms with Crippen LogP contribution in [0.3, 0.4) is 0 Å². The minimum absolute atomic E-state index is 0.107. The standard InChI is InChI=1S/C16H28N4OS/c1-16(2,14-5-4-12-22-14)13-19-15(17-3)18-6-7-20-8-10-21-11-9-20/h4-5,12H,6-11,13H2,1-3H3,(H2,17,18,19). The number of hydrogen-bond donors (Lipinski definition) is 2. The lowest BCUT2D eigenvalue weighted by molar-refractivity contribution is 0.0389. The van der Waals surface area contributed by atoms with Crippen LogP contribution in [0, 0.1) is 0 Å². The SMILES string of the molecule is CN=C(NCCN1CCOCC1)NCC(C)(C)c1cccs1. The summed E-state index contributed by atoms with van der Waals surface area (Å²) >= 11 is 1.81. The molecular weight excluding hydrogens is 296 g/mol. The fourth-order valence-electron chi connectivity index (χ4n) is 2.43. The summed E-state index contributed by atoms with van der Waals surface area (Å²) in [6.07, 6.45) is 0. The van der Waals surface area contributed by atoms with Gasteiger partial charge < -0.3 is 15.4 Å². The molecule has 6 heteroatoms. The molecule has 0 aliphatic carbocycles. The molecule has 1 aliphatic heterocycles. The highest BCUT2D eigenvalue weighted by Crippen LogP contribution is 2.26. The molecule has 0 aromatic carbocycles. The molecule has 0 radical (unpaired) electrons. The molecule has 1 saturated heterocycles. The highest BCUT2D eigenvalue weighted by Gasteiger charge is 2.21. The first kappa shape index (κ1) is 17.2. The van der Waals surface area contributed by atoms with Crippen LogP contribution >= 0.6 is 11.3 Å². The van der Waals surface area contributed by atoms with Gasteiger partial charge in [-0.15, -0.1) is 11.3 Å². The van der Waals surface area contributed by atoms with Gasteiger partial charge in [0.2, 0.25) is 0 Å². The van der Waals surface area contributed by atoms with Crippen molar-refractivity contribution in [1.29, 1.82) is 0 Å². The maximum atomic E-state index is 5.36.